The Morgan fingerprint density at radius 3 is 2.44 bits per heavy atom. The van der Waals surface area contributed by atoms with E-state index in [0.29, 0.717) is 13.2 Å². The molecule has 0 aliphatic carbocycles. The lowest BCUT2D eigenvalue weighted by molar-refractivity contribution is -0.686. The van der Waals surface area contributed by atoms with E-state index in [1.165, 1.54) is 23.7 Å². The Morgan fingerprint density at radius 2 is 1.75 bits per heavy atom. The fourth-order valence-electron chi connectivity index (χ4n) is 4.47. The molecule has 3 aromatic rings. The van der Waals surface area contributed by atoms with Gasteiger partial charge >= 0.3 is 5.97 Å². The number of carbonyl (C=O) groups excluding carboxylic acids is 1. The fraction of sp³-hybridized carbons (Fsp3) is 0.360. The zero-order valence-electron chi connectivity index (χ0n) is 19.2. The highest BCUT2D eigenvalue weighted by Crippen LogP contribution is 2.41. The quantitative estimate of drug-likeness (QED) is 0.346. The number of nitrogens with one attached hydrogen (secondary N) is 1. The number of rotatable bonds is 7. The summed E-state index contributed by atoms with van der Waals surface area (Å²) in [7, 11) is 4.99. The van der Waals surface area contributed by atoms with Gasteiger partial charge in [0.15, 0.2) is 24.2 Å². The molecule has 168 valence electrons. The maximum Gasteiger partial charge on any atom is 0.302 e. The number of esters is 1. The van der Waals surface area contributed by atoms with Crippen LogP contribution in [0.4, 0.5) is 5.69 Å². The number of fused-ring (bicyclic) bond motifs is 4. The Kier molecular flexibility index (Phi) is 6.08. The zero-order chi connectivity index (χ0) is 22.8. The van der Waals surface area contributed by atoms with Crippen LogP contribution in [0.25, 0.3) is 22.0 Å². The molecule has 0 saturated heterocycles. The van der Waals surface area contributed by atoms with E-state index in [0.717, 1.165) is 52.2 Å². The van der Waals surface area contributed by atoms with Crippen LogP contribution in [0.3, 0.4) is 0 Å². The summed E-state index contributed by atoms with van der Waals surface area (Å²) in [6.45, 7) is 5.21. The molecular weight excluding hydrogens is 408 g/mol. The number of nitrogens with zero attached hydrogens (tertiary/aromatic N) is 1. The van der Waals surface area contributed by atoms with Crippen LogP contribution in [-0.4, -0.2) is 40.5 Å². The maximum absolute atomic E-state index is 11.1. The highest BCUT2D eigenvalue weighted by atomic mass is 16.5. The van der Waals surface area contributed by atoms with Gasteiger partial charge < -0.3 is 24.3 Å². The third-order valence-electron chi connectivity index (χ3n) is 5.95. The first kappa shape index (κ1) is 21.7. The first-order valence-corrected chi connectivity index (χ1v) is 10.6. The van der Waals surface area contributed by atoms with Gasteiger partial charge in [-0.1, -0.05) is 0 Å². The van der Waals surface area contributed by atoms with Crippen molar-refractivity contribution < 1.29 is 28.3 Å². The summed E-state index contributed by atoms with van der Waals surface area (Å²) < 4.78 is 24.1. The molecule has 7 nitrogen and oxygen atoms in total. The lowest BCUT2D eigenvalue weighted by Gasteiger charge is -2.21. The number of ether oxygens (including phenoxy) is 4. The molecule has 0 fully saturated rings. The topological polar surface area (TPSA) is 69.9 Å². The highest BCUT2D eigenvalue weighted by molar-refractivity contribution is 5.99. The first-order chi connectivity index (χ1) is 15.5. The normalized spacial score (nSPS) is 12.0. The fourth-order valence-corrected chi connectivity index (χ4v) is 4.47. The van der Waals surface area contributed by atoms with Crippen LogP contribution in [0.2, 0.25) is 0 Å². The van der Waals surface area contributed by atoms with Crippen LogP contribution >= 0.6 is 0 Å². The van der Waals surface area contributed by atoms with Crippen LogP contribution in [-0.2, 0) is 22.5 Å². The summed E-state index contributed by atoms with van der Waals surface area (Å²) >= 11 is 0. The first-order valence-electron chi connectivity index (χ1n) is 10.6. The second-order valence-electron chi connectivity index (χ2n) is 7.78. The predicted octanol–water partition coefficient (Wildman–Crippen LogP) is 3.66. The summed E-state index contributed by atoms with van der Waals surface area (Å²) in [5.41, 5.74) is 5.66. The Morgan fingerprint density at radius 1 is 1.03 bits per heavy atom. The van der Waals surface area contributed by atoms with Gasteiger partial charge in [0, 0.05) is 25.5 Å². The van der Waals surface area contributed by atoms with Crippen LogP contribution in [0.15, 0.2) is 30.5 Å². The Hall–Kier alpha value is -3.48. The van der Waals surface area contributed by atoms with Gasteiger partial charge in [-0.15, -0.1) is 0 Å². The van der Waals surface area contributed by atoms with Crippen molar-refractivity contribution in [2.24, 2.45) is 0 Å². The van der Waals surface area contributed by atoms with Crippen molar-refractivity contribution >= 4 is 22.4 Å². The molecule has 4 rings (SSSR count). The smallest absolute Gasteiger partial charge is 0.302 e. The van der Waals surface area contributed by atoms with Crippen LogP contribution in [0, 0.1) is 6.92 Å². The van der Waals surface area contributed by atoms with Gasteiger partial charge in [0.05, 0.1) is 38.0 Å². The van der Waals surface area contributed by atoms with E-state index in [1.807, 2.05) is 6.07 Å². The molecule has 32 heavy (non-hydrogen) atoms. The van der Waals surface area contributed by atoms with Gasteiger partial charge in [0.25, 0.3) is 0 Å². The second kappa shape index (κ2) is 8.94. The SMILES string of the molecule is COc1cc2c(cc1OC)-c1c(C)c3ccc(OC)c(NCCOC(C)=O)c3c[n+]1CC2. The van der Waals surface area contributed by atoms with E-state index >= 15 is 0 Å². The van der Waals surface area contributed by atoms with E-state index < -0.39 is 0 Å². The lowest BCUT2D eigenvalue weighted by Crippen LogP contribution is -2.41. The van der Waals surface area contributed by atoms with E-state index in [1.54, 1.807) is 21.3 Å². The number of aromatic nitrogens is 1. The zero-order valence-corrected chi connectivity index (χ0v) is 19.2. The highest BCUT2D eigenvalue weighted by Gasteiger charge is 2.29. The van der Waals surface area contributed by atoms with Gasteiger partial charge in [0.2, 0.25) is 5.69 Å². The standard InChI is InChI=1S/C25H28N2O5/c1-15-18-6-7-21(29-3)24(26-9-11-32-16(2)28)20(18)14-27-10-8-17-12-22(30-4)23(31-5)13-19(17)25(15)27/h6-7,12-14H,8-11H2,1-5H3/p+1. The summed E-state index contributed by atoms with van der Waals surface area (Å²) in [5.74, 6) is 1.94. The van der Waals surface area contributed by atoms with Gasteiger partial charge in [0.1, 0.15) is 12.4 Å². The average Bonchev–Trinajstić information content (AvgIpc) is 2.80. The molecule has 0 bridgehead atoms. The van der Waals surface area contributed by atoms with E-state index in [4.69, 9.17) is 18.9 Å². The molecule has 1 aliphatic rings. The molecule has 7 heteroatoms. The van der Waals surface area contributed by atoms with Crippen LogP contribution < -0.4 is 24.1 Å². The molecule has 2 aromatic carbocycles. The molecule has 1 aliphatic heterocycles. The van der Waals surface area contributed by atoms with Gasteiger partial charge in [-0.2, -0.15) is 4.57 Å². The molecule has 0 saturated carbocycles. The van der Waals surface area contributed by atoms with Gasteiger partial charge in [-0.25, -0.2) is 0 Å². The van der Waals surface area contributed by atoms with Crippen molar-refractivity contribution in [3.8, 4) is 28.5 Å². The third-order valence-corrected chi connectivity index (χ3v) is 5.95. The molecule has 2 heterocycles. The van der Waals surface area contributed by atoms with Crippen molar-refractivity contribution in [3.63, 3.8) is 0 Å². The minimum absolute atomic E-state index is 0.289. The Balaban J connectivity index is 1.84. The average molecular weight is 438 g/mol. The number of anilines is 1. The largest absolute Gasteiger partial charge is 0.495 e. The minimum atomic E-state index is -0.289. The number of hydrogen-bond donors (Lipinski definition) is 1. The molecule has 1 aromatic heterocycles. The summed E-state index contributed by atoms with van der Waals surface area (Å²) in [6, 6.07) is 8.21. The van der Waals surface area contributed by atoms with E-state index in [2.05, 4.69) is 41.2 Å². The number of pyridine rings is 1. The molecule has 0 amide bonds. The Labute approximate surface area is 187 Å². The van der Waals surface area contributed by atoms with Crippen molar-refractivity contribution in [1.29, 1.82) is 0 Å². The number of methoxy groups -OCH3 is 3. The van der Waals surface area contributed by atoms with Crippen LogP contribution in [0.1, 0.15) is 18.1 Å². The minimum Gasteiger partial charge on any atom is -0.495 e. The van der Waals surface area contributed by atoms with Crippen molar-refractivity contribution in [1.82, 2.24) is 0 Å². The molecule has 0 radical (unpaired) electrons. The van der Waals surface area contributed by atoms with Crippen molar-refractivity contribution in [3.05, 3.63) is 41.6 Å². The van der Waals surface area contributed by atoms with E-state index in [9.17, 15) is 4.79 Å². The monoisotopic (exact) mass is 437 g/mol. The molecule has 0 spiro atoms. The van der Waals surface area contributed by atoms with Crippen LogP contribution in [0.5, 0.6) is 17.2 Å². The third kappa shape index (κ3) is 3.79. The number of carbonyl (C=O) groups is 1. The lowest BCUT2D eigenvalue weighted by atomic mass is 9.91. The molecule has 0 atom stereocenters. The van der Waals surface area contributed by atoms with Gasteiger partial charge in [-0.3, -0.25) is 4.79 Å². The predicted molar refractivity (Wildman–Crippen MR) is 123 cm³/mol. The van der Waals surface area contributed by atoms with Crippen molar-refractivity contribution in [2.75, 3.05) is 39.8 Å². The molecule has 1 N–H and O–H groups in total. The number of hydrogen-bond acceptors (Lipinski definition) is 6. The number of aryl methyl sites for hydroxylation is 3. The number of benzene rings is 2. The summed E-state index contributed by atoms with van der Waals surface area (Å²) in [6.07, 6.45) is 3.07. The molecule has 0 unspecified atom stereocenters. The Bertz CT molecular complexity index is 1190. The van der Waals surface area contributed by atoms with E-state index in [-0.39, 0.29) is 5.97 Å². The van der Waals surface area contributed by atoms with Crippen molar-refractivity contribution in [2.45, 2.75) is 26.8 Å². The molecular formula is C25H29N2O5+. The second-order valence-corrected chi connectivity index (χ2v) is 7.78. The summed E-state index contributed by atoms with van der Waals surface area (Å²) in [4.78, 5) is 11.1. The summed E-state index contributed by atoms with van der Waals surface area (Å²) in [5, 5.41) is 5.60. The van der Waals surface area contributed by atoms with Gasteiger partial charge in [-0.05, 0) is 42.1 Å². The maximum atomic E-state index is 11.1.